The molecule has 10 heteroatoms. The molecule has 0 radical (unpaired) electrons. The van der Waals surface area contributed by atoms with Gasteiger partial charge in [-0.15, -0.1) is 0 Å². The molecule has 1 saturated heterocycles. The van der Waals surface area contributed by atoms with Crippen LogP contribution in [-0.2, 0) is 10.0 Å². The van der Waals surface area contributed by atoms with E-state index in [1.807, 2.05) is 11.8 Å². The average Bonchev–Trinajstić information content (AvgIpc) is 3.06. The molecule has 1 aliphatic rings. The first-order valence-corrected chi connectivity index (χ1v) is 9.99. The Hall–Kier alpha value is -0.840. The van der Waals surface area contributed by atoms with Gasteiger partial charge in [0, 0.05) is 19.2 Å². The monoisotopic (exact) mass is 351 g/mol. The summed E-state index contributed by atoms with van der Waals surface area (Å²) in [7, 11) is -3.69. The van der Waals surface area contributed by atoms with Crippen molar-refractivity contribution in [2.45, 2.75) is 17.6 Å². The maximum absolute atomic E-state index is 12.2. The van der Waals surface area contributed by atoms with Crippen LogP contribution in [0.25, 0.3) is 0 Å². The minimum atomic E-state index is -3.69. The van der Waals surface area contributed by atoms with Crippen LogP contribution >= 0.6 is 23.1 Å². The topological polar surface area (TPSA) is 101 Å². The zero-order valence-corrected chi connectivity index (χ0v) is 13.9. The molecule has 2 heterocycles. The molecule has 1 aliphatic heterocycles. The lowest BCUT2D eigenvalue weighted by Gasteiger charge is -2.09. The van der Waals surface area contributed by atoms with E-state index in [9.17, 15) is 18.5 Å². The first-order chi connectivity index (χ1) is 9.94. The van der Waals surface area contributed by atoms with Gasteiger partial charge >= 0.3 is 5.69 Å². The van der Waals surface area contributed by atoms with Crippen molar-refractivity contribution in [3.63, 3.8) is 0 Å². The molecular formula is C11H17N3O4S3. The van der Waals surface area contributed by atoms with E-state index in [-0.39, 0.29) is 14.9 Å². The number of sulfonamides is 1. The van der Waals surface area contributed by atoms with E-state index in [1.165, 1.54) is 0 Å². The van der Waals surface area contributed by atoms with Gasteiger partial charge in [-0.2, -0.15) is 11.8 Å². The molecule has 21 heavy (non-hydrogen) atoms. The molecule has 0 amide bonds. The van der Waals surface area contributed by atoms with Crippen LogP contribution in [0.4, 0.5) is 10.7 Å². The average molecular weight is 351 g/mol. The van der Waals surface area contributed by atoms with Gasteiger partial charge in [-0.3, -0.25) is 10.1 Å². The van der Waals surface area contributed by atoms with Gasteiger partial charge in [0.25, 0.3) is 0 Å². The second-order valence-electron chi connectivity index (χ2n) is 4.65. The number of nitrogens with zero attached hydrogens (tertiary/aromatic N) is 1. The van der Waals surface area contributed by atoms with E-state index in [1.54, 1.807) is 6.92 Å². The van der Waals surface area contributed by atoms with Gasteiger partial charge in [-0.1, -0.05) is 11.3 Å². The molecule has 1 aromatic heterocycles. The van der Waals surface area contributed by atoms with Crippen LogP contribution in [0.5, 0.6) is 0 Å². The smallest absolute Gasteiger partial charge is 0.304 e. The summed E-state index contributed by atoms with van der Waals surface area (Å²) >= 11 is 2.71. The van der Waals surface area contributed by atoms with Crippen molar-refractivity contribution in [3.05, 3.63) is 16.2 Å². The van der Waals surface area contributed by atoms with E-state index < -0.39 is 14.9 Å². The Kier molecular flexibility index (Phi) is 5.47. The number of hydrogen-bond donors (Lipinski definition) is 2. The molecule has 0 saturated carbocycles. The van der Waals surface area contributed by atoms with Gasteiger partial charge in [0.1, 0.15) is 4.21 Å². The fraction of sp³-hybridized carbons (Fsp3) is 0.636. The molecule has 0 aromatic carbocycles. The van der Waals surface area contributed by atoms with Crippen LogP contribution in [0.3, 0.4) is 0 Å². The Morgan fingerprint density at radius 1 is 1.52 bits per heavy atom. The second kappa shape index (κ2) is 6.95. The molecule has 0 aliphatic carbocycles. The third-order valence-corrected chi connectivity index (χ3v) is 7.29. The standard InChI is InChI=1S/C11H17N3O4S3/c1-2-12-11-9(14(15)16)5-10(20-11)21(17,18)13-6-8-3-4-19-7-8/h5,8,12-13H,2-4,6-7H2,1H3. The predicted molar refractivity (Wildman–Crippen MR) is 85.8 cm³/mol. The largest absolute Gasteiger partial charge is 0.372 e. The number of hydrogen-bond acceptors (Lipinski definition) is 7. The van der Waals surface area contributed by atoms with Crippen molar-refractivity contribution in [1.29, 1.82) is 0 Å². The fourth-order valence-corrected chi connectivity index (χ4v) is 5.80. The van der Waals surface area contributed by atoms with Gasteiger partial charge in [-0.05, 0) is 30.8 Å². The number of rotatable bonds is 7. The lowest BCUT2D eigenvalue weighted by Crippen LogP contribution is -2.28. The highest BCUT2D eigenvalue weighted by Crippen LogP contribution is 2.37. The predicted octanol–water partition coefficient (Wildman–Crippen LogP) is 2.12. The van der Waals surface area contributed by atoms with Crippen molar-refractivity contribution in [3.8, 4) is 0 Å². The minimum absolute atomic E-state index is 0.0178. The fourth-order valence-electron chi connectivity index (χ4n) is 1.96. The first kappa shape index (κ1) is 16.5. The number of nitrogens with one attached hydrogen (secondary N) is 2. The highest BCUT2D eigenvalue weighted by molar-refractivity contribution is 7.99. The number of anilines is 1. The van der Waals surface area contributed by atoms with Crippen LogP contribution in [-0.4, -0.2) is 37.9 Å². The van der Waals surface area contributed by atoms with Crippen LogP contribution in [0, 0.1) is 16.0 Å². The molecule has 2 N–H and O–H groups in total. The van der Waals surface area contributed by atoms with Crippen molar-refractivity contribution < 1.29 is 13.3 Å². The molecule has 0 bridgehead atoms. The van der Waals surface area contributed by atoms with Crippen LogP contribution in [0.2, 0.25) is 0 Å². The molecular weight excluding hydrogens is 334 g/mol. The summed E-state index contributed by atoms with van der Waals surface area (Å²) in [5.41, 5.74) is -0.196. The zero-order chi connectivity index (χ0) is 15.5. The van der Waals surface area contributed by atoms with E-state index in [0.29, 0.717) is 19.0 Å². The molecule has 2 rings (SSSR count). The highest BCUT2D eigenvalue weighted by atomic mass is 32.2. The molecule has 0 spiro atoms. The van der Waals surface area contributed by atoms with E-state index in [2.05, 4.69) is 10.0 Å². The van der Waals surface area contributed by atoms with E-state index in [4.69, 9.17) is 0 Å². The van der Waals surface area contributed by atoms with Gasteiger partial charge in [0.05, 0.1) is 4.92 Å². The minimum Gasteiger partial charge on any atom is -0.372 e. The first-order valence-electron chi connectivity index (χ1n) is 6.53. The summed E-state index contributed by atoms with van der Waals surface area (Å²) < 4.78 is 27.0. The third kappa shape index (κ3) is 4.09. The van der Waals surface area contributed by atoms with E-state index in [0.717, 1.165) is 35.3 Å². The summed E-state index contributed by atoms with van der Waals surface area (Å²) in [6, 6.07) is 1.12. The lowest BCUT2D eigenvalue weighted by atomic mass is 10.1. The number of thioether (sulfide) groups is 1. The summed E-state index contributed by atoms with van der Waals surface area (Å²) in [6.07, 6.45) is 1.00. The summed E-state index contributed by atoms with van der Waals surface area (Å²) in [5, 5.41) is 14.1. The number of thiophene rings is 1. The Bertz CT molecular complexity index is 608. The normalized spacial score (nSPS) is 18.8. The van der Waals surface area contributed by atoms with Crippen LogP contribution in [0.1, 0.15) is 13.3 Å². The molecule has 1 atom stereocenters. The molecule has 1 aromatic rings. The Morgan fingerprint density at radius 3 is 2.86 bits per heavy atom. The van der Waals surface area contributed by atoms with Crippen LogP contribution < -0.4 is 10.0 Å². The van der Waals surface area contributed by atoms with Crippen molar-refractivity contribution in [2.24, 2.45) is 5.92 Å². The van der Waals surface area contributed by atoms with Crippen molar-refractivity contribution in [1.82, 2.24) is 4.72 Å². The van der Waals surface area contributed by atoms with Gasteiger partial charge in [-0.25, -0.2) is 13.1 Å². The molecule has 7 nitrogen and oxygen atoms in total. The highest BCUT2D eigenvalue weighted by Gasteiger charge is 2.27. The Balaban J connectivity index is 2.14. The quantitative estimate of drug-likeness (QED) is 0.576. The lowest BCUT2D eigenvalue weighted by molar-refractivity contribution is -0.383. The van der Waals surface area contributed by atoms with Gasteiger partial charge < -0.3 is 5.32 Å². The SMILES string of the molecule is CCNc1sc(S(=O)(=O)NCC2CCSC2)cc1[N+](=O)[O-]. The zero-order valence-electron chi connectivity index (χ0n) is 11.5. The third-order valence-electron chi connectivity index (χ3n) is 3.07. The Labute approximate surface area is 131 Å². The second-order valence-corrected chi connectivity index (χ2v) is 8.84. The van der Waals surface area contributed by atoms with Crippen molar-refractivity contribution in [2.75, 3.05) is 29.9 Å². The maximum Gasteiger partial charge on any atom is 0.304 e. The molecule has 1 unspecified atom stereocenters. The van der Waals surface area contributed by atoms with E-state index >= 15 is 0 Å². The van der Waals surface area contributed by atoms with Crippen molar-refractivity contribution >= 4 is 43.8 Å². The summed E-state index contributed by atoms with van der Waals surface area (Å²) in [5.74, 6) is 2.35. The van der Waals surface area contributed by atoms with Crippen LogP contribution in [0.15, 0.2) is 10.3 Å². The van der Waals surface area contributed by atoms with Gasteiger partial charge in [0.15, 0.2) is 5.00 Å². The Morgan fingerprint density at radius 2 is 2.29 bits per heavy atom. The summed E-state index contributed by atoms with van der Waals surface area (Å²) in [6.45, 7) is 2.68. The summed E-state index contributed by atoms with van der Waals surface area (Å²) in [4.78, 5) is 10.4. The molecule has 1 fully saturated rings. The molecule has 118 valence electrons. The van der Waals surface area contributed by atoms with Gasteiger partial charge in [0.2, 0.25) is 10.0 Å². The number of nitro groups is 1. The maximum atomic E-state index is 12.2.